The number of rotatable bonds is 11. The predicted molar refractivity (Wildman–Crippen MR) is 71.8 cm³/mol. The number of aliphatic hydroxyl groups is 1. The first kappa shape index (κ1) is 17.9. The van der Waals surface area contributed by atoms with Gasteiger partial charge in [0.2, 0.25) is 0 Å². The molecule has 2 N–H and O–H groups in total. The molecule has 0 rings (SSSR count). The molecule has 5 heteroatoms. The van der Waals surface area contributed by atoms with Gasteiger partial charge in [0.15, 0.2) is 6.10 Å². The quantitative estimate of drug-likeness (QED) is 0.447. The highest BCUT2D eigenvalue weighted by molar-refractivity contribution is 5.79. The highest BCUT2D eigenvalue weighted by Gasteiger charge is 2.23. The average Bonchev–Trinajstić information content (AvgIpc) is 2.35. The van der Waals surface area contributed by atoms with Gasteiger partial charge in [0.25, 0.3) is 0 Å². The Morgan fingerprint density at radius 3 is 2.05 bits per heavy atom. The van der Waals surface area contributed by atoms with Crippen LogP contribution in [0.3, 0.4) is 0 Å². The molecule has 0 amide bonds. The van der Waals surface area contributed by atoms with Crippen molar-refractivity contribution in [3.05, 3.63) is 0 Å². The maximum atomic E-state index is 11.1. The number of unbranched alkanes of at least 4 members (excludes halogenated alkanes) is 6. The maximum absolute atomic E-state index is 11.1. The Kier molecular flexibility index (Phi) is 10.2. The molecule has 0 spiro atoms. The Morgan fingerprint density at radius 2 is 1.58 bits per heavy atom. The lowest BCUT2D eigenvalue weighted by Crippen LogP contribution is -2.31. The van der Waals surface area contributed by atoms with Gasteiger partial charge in [0.1, 0.15) is 6.10 Å². The Balaban J connectivity index is 3.78. The van der Waals surface area contributed by atoms with E-state index in [9.17, 15) is 9.59 Å². The zero-order chi connectivity index (χ0) is 14.7. The van der Waals surface area contributed by atoms with E-state index in [4.69, 9.17) is 14.9 Å². The molecular weight excluding hydrogens is 248 g/mol. The Hall–Kier alpha value is -1.10. The van der Waals surface area contributed by atoms with E-state index in [0.717, 1.165) is 19.3 Å². The zero-order valence-electron chi connectivity index (χ0n) is 11.9. The summed E-state index contributed by atoms with van der Waals surface area (Å²) in [5.41, 5.74) is 0. The largest absolute Gasteiger partial charge is 0.479 e. The topological polar surface area (TPSA) is 83.8 Å². The van der Waals surface area contributed by atoms with E-state index in [1.807, 2.05) is 0 Å². The summed E-state index contributed by atoms with van der Waals surface area (Å²) in [5, 5.41) is 17.9. The van der Waals surface area contributed by atoms with Crippen molar-refractivity contribution < 1.29 is 24.5 Å². The van der Waals surface area contributed by atoms with Crippen molar-refractivity contribution in [2.24, 2.45) is 0 Å². The lowest BCUT2D eigenvalue weighted by atomic mass is 10.1. The van der Waals surface area contributed by atoms with E-state index in [-0.39, 0.29) is 0 Å². The molecule has 0 aliphatic rings. The van der Waals surface area contributed by atoms with Crippen molar-refractivity contribution in [2.75, 3.05) is 0 Å². The first-order valence-electron chi connectivity index (χ1n) is 7.10. The number of carbonyl (C=O) groups is 2. The summed E-state index contributed by atoms with van der Waals surface area (Å²) in [6, 6.07) is 0. The second-order valence-electron chi connectivity index (χ2n) is 4.85. The van der Waals surface area contributed by atoms with Gasteiger partial charge in [-0.2, -0.15) is 0 Å². The summed E-state index contributed by atoms with van der Waals surface area (Å²) in [4.78, 5) is 22.0. The van der Waals surface area contributed by atoms with E-state index in [1.165, 1.54) is 32.6 Å². The normalized spacial score (nSPS) is 13.8. The van der Waals surface area contributed by atoms with Gasteiger partial charge >= 0.3 is 11.9 Å². The number of hydrogen-bond donors (Lipinski definition) is 2. The van der Waals surface area contributed by atoms with Crippen molar-refractivity contribution >= 4 is 11.9 Å². The number of carbonyl (C=O) groups excluding carboxylic acids is 1. The first-order chi connectivity index (χ1) is 8.99. The Labute approximate surface area is 115 Å². The summed E-state index contributed by atoms with van der Waals surface area (Å²) in [6.07, 6.45) is 5.46. The fourth-order valence-corrected chi connectivity index (χ4v) is 1.76. The SMILES string of the molecule is CCCCCCCCCC(OC(=O)C(C)O)C(=O)O. The molecule has 0 bridgehead atoms. The molecule has 2 atom stereocenters. The predicted octanol–water partition coefficient (Wildman–Crippen LogP) is 2.50. The number of aliphatic hydroxyl groups excluding tert-OH is 1. The van der Waals surface area contributed by atoms with Crippen LogP contribution >= 0.6 is 0 Å². The molecule has 19 heavy (non-hydrogen) atoms. The van der Waals surface area contributed by atoms with E-state index >= 15 is 0 Å². The summed E-state index contributed by atoms with van der Waals surface area (Å²) in [5.74, 6) is -2.03. The third-order valence-electron chi connectivity index (χ3n) is 2.94. The third kappa shape index (κ3) is 9.47. The molecule has 112 valence electrons. The van der Waals surface area contributed by atoms with Crippen LogP contribution < -0.4 is 0 Å². The van der Waals surface area contributed by atoms with Crippen molar-refractivity contribution in [3.63, 3.8) is 0 Å². The number of esters is 1. The van der Waals surface area contributed by atoms with E-state index in [1.54, 1.807) is 0 Å². The van der Waals surface area contributed by atoms with Crippen molar-refractivity contribution in [1.82, 2.24) is 0 Å². The van der Waals surface area contributed by atoms with Gasteiger partial charge in [-0.3, -0.25) is 0 Å². The van der Waals surface area contributed by atoms with Crippen LogP contribution in [0.25, 0.3) is 0 Å². The van der Waals surface area contributed by atoms with Gasteiger partial charge in [-0.25, -0.2) is 9.59 Å². The van der Waals surface area contributed by atoms with Crippen LogP contribution in [0, 0.1) is 0 Å². The first-order valence-corrected chi connectivity index (χ1v) is 7.10. The highest BCUT2D eigenvalue weighted by atomic mass is 16.6. The van der Waals surface area contributed by atoms with E-state index < -0.39 is 24.1 Å². The van der Waals surface area contributed by atoms with Crippen LogP contribution in [0.2, 0.25) is 0 Å². The van der Waals surface area contributed by atoms with E-state index in [0.29, 0.717) is 6.42 Å². The molecule has 2 unspecified atom stereocenters. The Bertz CT molecular complexity index is 263. The minimum atomic E-state index is -1.28. The van der Waals surface area contributed by atoms with E-state index in [2.05, 4.69) is 6.92 Å². The highest BCUT2D eigenvalue weighted by Crippen LogP contribution is 2.12. The molecule has 0 aromatic carbocycles. The lowest BCUT2D eigenvalue weighted by molar-refractivity contribution is -0.169. The second-order valence-corrected chi connectivity index (χ2v) is 4.85. The molecule has 0 saturated carbocycles. The van der Waals surface area contributed by atoms with Gasteiger partial charge in [0.05, 0.1) is 0 Å². The molecule has 0 heterocycles. The van der Waals surface area contributed by atoms with Gasteiger partial charge in [0, 0.05) is 0 Å². The number of carboxylic acids is 1. The van der Waals surface area contributed by atoms with Crippen molar-refractivity contribution in [3.8, 4) is 0 Å². The molecule has 0 fully saturated rings. The second kappa shape index (κ2) is 10.8. The number of ether oxygens (including phenoxy) is 1. The molecule has 0 saturated heterocycles. The fraction of sp³-hybridized carbons (Fsp3) is 0.857. The zero-order valence-corrected chi connectivity index (χ0v) is 11.9. The van der Waals surface area contributed by atoms with Crippen LogP contribution in [-0.4, -0.2) is 34.4 Å². The maximum Gasteiger partial charge on any atom is 0.345 e. The summed E-state index contributed by atoms with van der Waals surface area (Å²) in [7, 11) is 0. The van der Waals surface area contributed by atoms with Gasteiger partial charge in [-0.05, 0) is 19.8 Å². The molecule has 5 nitrogen and oxygen atoms in total. The van der Waals surface area contributed by atoms with Crippen LogP contribution in [0.5, 0.6) is 0 Å². The number of carboxylic acid groups (broad SMARTS) is 1. The van der Waals surface area contributed by atoms with Crippen molar-refractivity contribution in [1.29, 1.82) is 0 Å². The van der Waals surface area contributed by atoms with Crippen LogP contribution in [0.4, 0.5) is 0 Å². The number of hydrogen-bond acceptors (Lipinski definition) is 4. The third-order valence-corrected chi connectivity index (χ3v) is 2.94. The summed E-state index contributed by atoms with van der Waals surface area (Å²) < 4.78 is 4.73. The minimum Gasteiger partial charge on any atom is -0.479 e. The monoisotopic (exact) mass is 274 g/mol. The Morgan fingerprint density at radius 1 is 1.05 bits per heavy atom. The average molecular weight is 274 g/mol. The molecule has 0 aliphatic carbocycles. The molecular formula is C14H26O5. The van der Waals surface area contributed by atoms with Crippen molar-refractivity contribution in [2.45, 2.75) is 77.4 Å². The molecule has 0 aliphatic heterocycles. The molecule has 0 aromatic heterocycles. The van der Waals surface area contributed by atoms with Crippen LogP contribution in [0.1, 0.15) is 65.2 Å². The fourth-order valence-electron chi connectivity index (χ4n) is 1.76. The standard InChI is InChI=1S/C14H26O5/c1-3-4-5-6-7-8-9-10-12(13(16)17)19-14(18)11(2)15/h11-12,15H,3-10H2,1-2H3,(H,16,17). The van der Waals surface area contributed by atoms with Crippen LogP contribution in [0.15, 0.2) is 0 Å². The van der Waals surface area contributed by atoms with Gasteiger partial charge in [-0.15, -0.1) is 0 Å². The number of aliphatic carboxylic acids is 1. The smallest absolute Gasteiger partial charge is 0.345 e. The lowest BCUT2D eigenvalue weighted by Gasteiger charge is -2.14. The summed E-state index contributed by atoms with van der Waals surface area (Å²) >= 11 is 0. The van der Waals surface area contributed by atoms with Crippen LogP contribution in [-0.2, 0) is 14.3 Å². The minimum absolute atomic E-state index is 0.307. The summed E-state index contributed by atoms with van der Waals surface area (Å²) in [6.45, 7) is 3.42. The van der Waals surface area contributed by atoms with Gasteiger partial charge in [-0.1, -0.05) is 45.4 Å². The molecule has 0 aromatic rings. The molecule has 0 radical (unpaired) electrons. The van der Waals surface area contributed by atoms with Gasteiger partial charge < -0.3 is 14.9 Å².